The maximum absolute atomic E-state index is 12.5. The molecule has 4 nitrogen and oxygen atoms in total. The molecule has 262 valence electrons. The molecule has 0 aliphatic rings. The van der Waals surface area contributed by atoms with Crippen LogP contribution < -0.4 is 0 Å². The van der Waals surface area contributed by atoms with E-state index in [1.54, 1.807) is 0 Å². The summed E-state index contributed by atoms with van der Waals surface area (Å²) in [5.74, 6) is -4.97. The summed E-state index contributed by atoms with van der Waals surface area (Å²) >= 11 is 5.73. The summed E-state index contributed by atoms with van der Waals surface area (Å²) in [6, 6.07) is 0. The normalized spacial score (nSPS) is 15.0. The zero-order valence-electron chi connectivity index (χ0n) is 34.1. The average molecular weight is 649 g/mol. The van der Waals surface area contributed by atoms with Crippen LogP contribution in [0.3, 0.4) is 0 Å². The first-order valence-corrected chi connectivity index (χ1v) is 19.4. The number of unbranched alkanes of at least 4 members (excludes halogenated alkanes) is 28. The fraction of sp³-hybridized carbons (Fsp3) is 0.949. The van der Waals surface area contributed by atoms with Crippen LogP contribution in [-0.4, -0.2) is 30.4 Å². The van der Waals surface area contributed by atoms with Crippen LogP contribution in [0.4, 0.5) is 0 Å². The number of hydrogen-bond acceptors (Lipinski definition) is 4. The Morgan fingerprint density at radius 1 is 0.500 bits per heavy atom. The fourth-order valence-corrected chi connectivity index (χ4v) is 5.74. The van der Waals surface area contributed by atoms with E-state index in [9.17, 15) is 9.59 Å². The van der Waals surface area contributed by atoms with Gasteiger partial charge in [0, 0.05) is 15.6 Å². The maximum Gasteiger partial charge on any atom is 0.306 e. The number of alkyl halides is 1. The first kappa shape index (κ1) is 34.6. The molecule has 0 aromatic rings. The van der Waals surface area contributed by atoms with Crippen LogP contribution in [0.15, 0.2) is 0 Å². The first-order chi connectivity index (χ1) is 23.4. The lowest BCUT2D eigenvalue weighted by molar-refractivity contribution is -0.157. The number of carbonyl (C=O) groups is 2. The first-order valence-electron chi connectivity index (χ1n) is 21.5. The van der Waals surface area contributed by atoms with Crippen LogP contribution in [0, 0.1) is 0 Å². The third-order valence-corrected chi connectivity index (χ3v) is 8.70. The highest BCUT2D eigenvalue weighted by atomic mass is 35.5. The Bertz CT molecular complexity index is 796. The van der Waals surface area contributed by atoms with Gasteiger partial charge in [-0.1, -0.05) is 194 Å². The van der Waals surface area contributed by atoms with E-state index in [4.69, 9.17) is 27.9 Å². The van der Waals surface area contributed by atoms with E-state index in [1.165, 1.54) is 135 Å². The van der Waals surface area contributed by atoms with Gasteiger partial charge < -0.3 is 9.47 Å². The van der Waals surface area contributed by atoms with E-state index in [0.29, 0.717) is 12.8 Å². The molecular weight excluding hydrogens is 568 g/mol. The van der Waals surface area contributed by atoms with Crippen LogP contribution in [-0.2, 0) is 19.1 Å². The highest BCUT2D eigenvalue weighted by Crippen LogP contribution is 2.16. The van der Waals surface area contributed by atoms with Crippen LogP contribution in [0.5, 0.6) is 0 Å². The average Bonchev–Trinajstić information content (AvgIpc) is 3.03. The summed E-state index contributed by atoms with van der Waals surface area (Å²) in [5, 5.41) is 0. The van der Waals surface area contributed by atoms with Crippen molar-refractivity contribution in [3.8, 4) is 0 Å². The van der Waals surface area contributed by atoms with Gasteiger partial charge in [0.05, 0.1) is 9.94 Å². The van der Waals surface area contributed by atoms with Gasteiger partial charge in [-0.15, -0.1) is 11.6 Å². The van der Waals surface area contributed by atoms with E-state index in [2.05, 4.69) is 13.8 Å². The number of halogens is 1. The van der Waals surface area contributed by atoms with Crippen molar-refractivity contribution in [1.82, 2.24) is 0 Å². The van der Waals surface area contributed by atoms with E-state index < -0.39 is 30.4 Å². The molecule has 0 unspecified atom stereocenters. The molecule has 0 N–H and O–H groups in total. The van der Waals surface area contributed by atoms with Crippen molar-refractivity contribution in [2.75, 3.05) is 12.4 Å². The van der Waals surface area contributed by atoms with E-state index in [1.807, 2.05) is 0 Å². The minimum atomic E-state index is -3.27. The SMILES string of the molecule is [2H]C([2H])(Cl)[C@@]([2H])(OC(=O)CCCCCCCCCCCCCCCCC)C([2H])([2H])OC(=O)CCCCCCCCCCCCCCCCC. The van der Waals surface area contributed by atoms with Gasteiger partial charge in [0.2, 0.25) is 0 Å². The van der Waals surface area contributed by atoms with Gasteiger partial charge in [-0.05, 0) is 12.8 Å². The highest BCUT2D eigenvalue weighted by Gasteiger charge is 2.16. The van der Waals surface area contributed by atoms with Crippen molar-refractivity contribution in [3.63, 3.8) is 0 Å². The number of ether oxygens (including phenoxy) is 2. The number of esters is 2. The van der Waals surface area contributed by atoms with Crippen LogP contribution >= 0.6 is 11.6 Å². The van der Waals surface area contributed by atoms with Gasteiger partial charge in [0.1, 0.15) is 12.6 Å². The second-order valence-electron chi connectivity index (χ2n) is 12.9. The maximum atomic E-state index is 12.5. The predicted molar refractivity (Wildman–Crippen MR) is 191 cm³/mol. The Balaban J connectivity index is 4.14. The molecule has 1 atom stereocenters. The second kappa shape index (κ2) is 36.7. The minimum absolute atomic E-state index is 0.0633. The summed E-state index contributed by atoms with van der Waals surface area (Å²) in [5.41, 5.74) is 0. The zero-order chi connectivity index (χ0) is 36.7. The summed E-state index contributed by atoms with van der Waals surface area (Å²) < 4.78 is 50.3. The van der Waals surface area contributed by atoms with Crippen molar-refractivity contribution in [3.05, 3.63) is 0 Å². The van der Waals surface area contributed by atoms with E-state index in [0.717, 1.165) is 44.9 Å². The van der Waals surface area contributed by atoms with Crippen LogP contribution in [0.25, 0.3) is 0 Å². The van der Waals surface area contributed by atoms with Crippen molar-refractivity contribution in [1.29, 1.82) is 0 Å². The molecular formula is C39H75ClO4. The van der Waals surface area contributed by atoms with Gasteiger partial charge >= 0.3 is 11.9 Å². The summed E-state index contributed by atoms with van der Waals surface area (Å²) in [7, 11) is 0. The molecule has 0 aliphatic heterocycles. The Kier molecular flexibility index (Phi) is 28.8. The quantitative estimate of drug-likeness (QED) is 0.0385. The van der Waals surface area contributed by atoms with Gasteiger partial charge in [0.25, 0.3) is 0 Å². The molecule has 5 heteroatoms. The molecule has 0 fully saturated rings. The molecule has 0 saturated heterocycles. The van der Waals surface area contributed by atoms with Crippen LogP contribution in [0.2, 0.25) is 0 Å². The molecule has 0 rings (SSSR count). The molecule has 0 radical (unpaired) electrons. The lowest BCUT2D eigenvalue weighted by Crippen LogP contribution is -2.26. The Morgan fingerprint density at radius 3 is 1.07 bits per heavy atom. The molecule has 0 saturated carbocycles. The smallest absolute Gasteiger partial charge is 0.306 e. The highest BCUT2D eigenvalue weighted by molar-refractivity contribution is 6.18. The fourth-order valence-electron chi connectivity index (χ4n) is 5.66. The van der Waals surface area contributed by atoms with Crippen molar-refractivity contribution in [2.45, 2.75) is 225 Å². The summed E-state index contributed by atoms with van der Waals surface area (Å²) in [4.78, 5) is 25.0. The molecule has 0 aromatic carbocycles. The summed E-state index contributed by atoms with van der Waals surface area (Å²) in [6.45, 7) is 1.22. The van der Waals surface area contributed by atoms with Crippen LogP contribution in [0.1, 0.15) is 226 Å². The Hall–Kier alpha value is -0.770. The summed E-state index contributed by atoms with van der Waals surface area (Å²) in [6.07, 6.45) is 32.0. The third-order valence-electron chi connectivity index (χ3n) is 8.53. The van der Waals surface area contributed by atoms with E-state index >= 15 is 0 Å². The third kappa shape index (κ3) is 34.1. The lowest BCUT2D eigenvalue weighted by atomic mass is 10.0. The molecule has 0 bridgehead atoms. The Morgan fingerprint density at radius 2 is 0.773 bits per heavy atom. The number of carbonyl (C=O) groups excluding carboxylic acids is 2. The van der Waals surface area contributed by atoms with Crippen molar-refractivity contribution in [2.24, 2.45) is 0 Å². The predicted octanol–water partition coefficient (Wildman–Crippen LogP) is 13.2. The molecule has 0 spiro atoms. The van der Waals surface area contributed by atoms with Gasteiger partial charge in [0.15, 0.2) is 0 Å². The topological polar surface area (TPSA) is 52.6 Å². The molecule has 0 heterocycles. The number of rotatable bonds is 36. The van der Waals surface area contributed by atoms with E-state index in [-0.39, 0.29) is 12.8 Å². The standard InChI is InChI=1S/C39H75ClO4/c1-3-5-7-9-11-13-15-17-19-21-23-25-27-29-31-33-38(41)43-36-37(35-40)44-39(42)34-32-30-28-26-24-22-20-18-16-14-12-10-8-6-4-2/h37H,3-36H2,1-2H3/t37-/m1/s1/i35D2,36D2,37D. The molecule has 0 aromatic heterocycles. The number of hydrogen-bond donors (Lipinski definition) is 0. The van der Waals surface area contributed by atoms with Gasteiger partial charge in [-0.3, -0.25) is 9.59 Å². The van der Waals surface area contributed by atoms with Crippen molar-refractivity contribution >= 4 is 23.5 Å². The van der Waals surface area contributed by atoms with Gasteiger partial charge in [-0.2, -0.15) is 0 Å². The lowest BCUT2D eigenvalue weighted by Gasteiger charge is -2.15. The second-order valence-corrected chi connectivity index (χ2v) is 13.1. The van der Waals surface area contributed by atoms with Gasteiger partial charge in [-0.25, -0.2) is 0 Å². The monoisotopic (exact) mass is 648 g/mol. The Labute approximate surface area is 286 Å². The molecule has 44 heavy (non-hydrogen) atoms. The zero-order valence-corrected chi connectivity index (χ0v) is 29.9. The van der Waals surface area contributed by atoms with Crippen molar-refractivity contribution < 1.29 is 25.9 Å². The molecule has 0 amide bonds. The molecule has 0 aliphatic carbocycles. The minimum Gasteiger partial charge on any atom is -0.462 e. The largest absolute Gasteiger partial charge is 0.462 e.